The summed E-state index contributed by atoms with van der Waals surface area (Å²) in [6.07, 6.45) is 1.45. The summed E-state index contributed by atoms with van der Waals surface area (Å²) in [5, 5.41) is 11.0. The number of nitrogens with zero attached hydrogens (tertiary/aromatic N) is 2. The molecule has 0 radical (unpaired) electrons. The molecule has 0 saturated heterocycles. The second kappa shape index (κ2) is 8.34. The number of aryl methyl sites for hydroxylation is 1. The van der Waals surface area contributed by atoms with Crippen molar-refractivity contribution in [2.45, 2.75) is 11.8 Å². The smallest absolute Gasteiger partial charge is 0.253 e. The SMILES string of the molecule is Cc1cc(S(N)(=O)=O)ccc1Nc1ncc(Br)c(Nc2cccc(F)c2C(N)=O)n1. The maximum atomic E-state index is 14.0. The van der Waals surface area contributed by atoms with Gasteiger partial charge in [0.05, 0.1) is 20.6 Å². The molecule has 0 aliphatic carbocycles. The molecule has 1 heterocycles. The first-order valence-corrected chi connectivity index (χ1v) is 10.7. The number of carbonyl (C=O) groups is 1. The van der Waals surface area contributed by atoms with Gasteiger partial charge in [-0.2, -0.15) is 4.98 Å². The zero-order valence-corrected chi connectivity index (χ0v) is 17.9. The van der Waals surface area contributed by atoms with Gasteiger partial charge >= 0.3 is 0 Å². The Balaban J connectivity index is 1.92. The number of nitrogens with two attached hydrogens (primary N) is 2. The predicted octanol–water partition coefficient (Wildman–Crippen LogP) is 2.92. The number of amides is 1. The third-order valence-corrected chi connectivity index (χ3v) is 5.52. The molecule has 12 heteroatoms. The Morgan fingerprint density at radius 3 is 2.53 bits per heavy atom. The Hall–Kier alpha value is -3.09. The second-order valence-electron chi connectivity index (χ2n) is 6.19. The van der Waals surface area contributed by atoms with E-state index in [1.54, 1.807) is 6.92 Å². The quantitative estimate of drug-likeness (QED) is 0.410. The van der Waals surface area contributed by atoms with Gasteiger partial charge in [-0.25, -0.2) is 22.9 Å². The van der Waals surface area contributed by atoms with E-state index in [0.29, 0.717) is 15.7 Å². The molecule has 0 fully saturated rings. The molecule has 0 bridgehead atoms. The maximum absolute atomic E-state index is 14.0. The van der Waals surface area contributed by atoms with E-state index in [4.69, 9.17) is 10.9 Å². The third kappa shape index (κ3) is 4.72. The highest BCUT2D eigenvalue weighted by molar-refractivity contribution is 9.10. The van der Waals surface area contributed by atoms with Crippen LogP contribution in [0.1, 0.15) is 15.9 Å². The molecule has 1 amide bonds. The first-order chi connectivity index (χ1) is 14.1. The molecule has 0 spiro atoms. The topological polar surface area (TPSA) is 153 Å². The van der Waals surface area contributed by atoms with E-state index in [9.17, 15) is 17.6 Å². The van der Waals surface area contributed by atoms with Gasteiger partial charge in [0.25, 0.3) is 5.91 Å². The van der Waals surface area contributed by atoms with E-state index >= 15 is 0 Å². The standard InChI is InChI=1S/C18H16BrFN6O3S/c1-9-7-10(30(22,28)29)5-6-13(9)25-18-23-8-11(19)17(26-18)24-14-4-2-3-12(20)15(14)16(21)27/h2-8H,1H3,(H2,21,27)(H2,22,28,29)(H2,23,24,25,26). The lowest BCUT2D eigenvalue weighted by molar-refractivity contribution is 0.0997. The molecule has 9 nitrogen and oxygen atoms in total. The van der Waals surface area contributed by atoms with Gasteiger partial charge in [0, 0.05) is 11.9 Å². The Bertz CT molecular complexity index is 1250. The number of benzene rings is 2. The first-order valence-electron chi connectivity index (χ1n) is 8.34. The lowest BCUT2D eigenvalue weighted by Gasteiger charge is -2.13. The fraction of sp³-hybridized carbons (Fsp3) is 0.0556. The van der Waals surface area contributed by atoms with Crippen LogP contribution in [0.3, 0.4) is 0 Å². The van der Waals surface area contributed by atoms with Gasteiger partial charge in [-0.05, 0) is 58.7 Å². The van der Waals surface area contributed by atoms with Crippen LogP contribution < -0.4 is 21.5 Å². The van der Waals surface area contributed by atoms with Crippen molar-refractivity contribution < 1.29 is 17.6 Å². The second-order valence-corrected chi connectivity index (χ2v) is 8.60. The molecule has 3 aromatic rings. The summed E-state index contributed by atoms with van der Waals surface area (Å²) < 4.78 is 37.4. The van der Waals surface area contributed by atoms with E-state index in [1.807, 2.05) is 0 Å². The number of anilines is 4. The summed E-state index contributed by atoms with van der Waals surface area (Å²) in [7, 11) is -3.82. The number of rotatable bonds is 6. The van der Waals surface area contributed by atoms with Gasteiger partial charge in [0.2, 0.25) is 16.0 Å². The van der Waals surface area contributed by atoms with Gasteiger partial charge in [-0.3, -0.25) is 4.79 Å². The lowest BCUT2D eigenvalue weighted by Crippen LogP contribution is -2.16. The van der Waals surface area contributed by atoms with Crippen LogP contribution >= 0.6 is 15.9 Å². The molecule has 156 valence electrons. The van der Waals surface area contributed by atoms with Crippen LogP contribution in [0.15, 0.2) is 52.0 Å². The van der Waals surface area contributed by atoms with Crippen LogP contribution in [0.2, 0.25) is 0 Å². The summed E-state index contributed by atoms with van der Waals surface area (Å²) in [4.78, 5) is 20.0. The molecule has 0 aliphatic rings. The van der Waals surface area contributed by atoms with Crippen LogP contribution in [0.5, 0.6) is 0 Å². The fourth-order valence-corrected chi connectivity index (χ4v) is 3.48. The number of nitrogens with one attached hydrogen (secondary N) is 2. The molecule has 30 heavy (non-hydrogen) atoms. The maximum Gasteiger partial charge on any atom is 0.253 e. The number of hydrogen-bond acceptors (Lipinski definition) is 7. The number of primary sulfonamides is 1. The van der Waals surface area contributed by atoms with Gasteiger partial charge in [-0.1, -0.05) is 6.07 Å². The van der Waals surface area contributed by atoms with Crippen LogP contribution in [0, 0.1) is 12.7 Å². The molecule has 6 N–H and O–H groups in total. The van der Waals surface area contributed by atoms with E-state index in [0.717, 1.165) is 6.07 Å². The monoisotopic (exact) mass is 494 g/mol. The number of primary amides is 1. The lowest BCUT2D eigenvalue weighted by atomic mass is 10.1. The van der Waals surface area contributed by atoms with E-state index in [1.165, 1.54) is 36.5 Å². The zero-order chi connectivity index (χ0) is 22.1. The molecule has 1 aromatic heterocycles. The Morgan fingerprint density at radius 1 is 1.17 bits per heavy atom. The van der Waals surface area contributed by atoms with Gasteiger partial charge in [-0.15, -0.1) is 0 Å². The highest BCUT2D eigenvalue weighted by atomic mass is 79.9. The van der Waals surface area contributed by atoms with Gasteiger partial charge < -0.3 is 16.4 Å². The number of sulfonamides is 1. The molecule has 2 aromatic carbocycles. The minimum Gasteiger partial charge on any atom is -0.365 e. The number of hydrogen-bond donors (Lipinski definition) is 4. The van der Waals surface area contributed by atoms with E-state index < -0.39 is 21.7 Å². The average molecular weight is 495 g/mol. The van der Waals surface area contributed by atoms with Crippen LogP contribution in [-0.4, -0.2) is 24.3 Å². The van der Waals surface area contributed by atoms with Crippen LogP contribution in [0.4, 0.5) is 27.5 Å². The van der Waals surface area contributed by atoms with Crippen molar-refractivity contribution in [1.82, 2.24) is 9.97 Å². The number of aromatic nitrogens is 2. The fourth-order valence-electron chi connectivity index (χ4n) is 2.60. The largest absolute Gasteiger partial charge is 0.365 e. The normalized spacial score (nSPS) is 11.2. The molecule has 0 aliphatic heterocycles. The minimum atomic E-state index is -3.82. The van der Waals surface area contributed by atoms with Crippen molar-refractivity contribution in [1.29, 1.82) is 0 Å². The highest BCUT2D eigenvalue weighted by Crippen LogP contribution is 2.29. The average Bonchev–Trinajstić information content (AvgIpc) is 2.65. The molecule has 0 saturated carbocycles. The van der Waals surface area contributed by atoms with Gasteiger partial charge in [0.15, 0.2) is 0 Å². The van der Waals surface area contributed by atoms with Crippen molar-refractivity contribution in [3.63, 3.8) is 0 Å². The van der Waals surface area contributed by atoms with Crippen molar-refractivity contribution in [3.05, 3.63) is 64.0 Å². The molecule has 0 unspecified atom stereocenters. The number of halogens is 2. The van der Waals surface area contributed by atoms with E-state index in [-0.39, 0.29) is 27.9 Å². The highest BCUT2D eigenvalue weighted by Gasteiger charge is 2.16. The molecular formula is C18H16BrFN6O3S. The Kier molecular flexibility index (Phi) is 6.01. The predicted molar refractivity (Wildman–Crippen MR) is 114 cm³/mol. The minimum absolute atomic E-state index is 0.0188. The summed E-state index contributed by atoms with van der Waals surface area (Å²) >= 11 is 3.29. The third-order valence-electron chi connectivity index (χ3n) is 4.03. The van der Waals surface area contributed by atoms with Crippen LogP contribution in [-0.2, 0) is 10.0 Å². The van der Waals surface area contributed by atoms with Crippen molar-refractivity contribution in [2.24, 2.45) is 10.9 Å². The molecular weight excluding hydrogens is 479 g/mol. The number of carbonyl (C=O) groups excluding carboxylic acids is 1. The Labute approximate surface area is 179 Å². The molecule has 3 rings (SSSR count). The summed E-state index contributed by atoms with van der Waals surface area (Å²) in [5.41, 5.74) is 6.27. The molecule has 0 atom stereocenters. The van der Waals surface area contributed by atoms with Crippen molar-refractivity contribution in [3.8, 4) is 0 Å². The van der Waals surface area contributed by atoms with Crippen LogP contribution in [0.25, 0.3) is 0 Å². The van der Waals surface area contributed by atoms with E-state index in [2.05, 4.69) is 36.5 Å². The van der Waals surface area contributed by atoms with Crippen molar-refractivity contribution >= 4 is 55.0 Å². The summed E-state index contributed by atoms with van der Waals surface area (Å²) in [5.74, 6) is -1.27. The Morgan fingerprint density at radius 2 is 1.90 bits per heavy atom. The summed E-state index contributed by atoms with van der Waals surface area (Å²) in [6.45, 7) is 1.70. The first kappa shape index (κ1) is 21.6. The summed E-state index contributed by atoms with van der Waals surface area (Å²) in [6, 6.07) is 8.35. The zero-order valence-electron chi connectivity index (χ0n) is 15.5. The van der Waals surface area contributed by atoms with Crippen molar-refractivity contribution in [2.75, 3.05) is 10.6 Å². The van der Waals surface area contributed by atoms with Gasteiger partial charge in [0.1, 0.15) is 11.6 Å².